The van der Waals surface area contributed by atoms with Gasteiger partial charge in [0.2, 0.25) is 0 Å². The first-order valence-electron chi connectivity index (χ1n) is 10.4. The summed E-state index contributed by atoms with van der Waals surface area (Å²) in [7, 11) is 0. The van der Waals surface area contributed by atoms with Crippen LogP contribution in [0.1, 0.15) is 5.56 Å². The van der Waals surface area contributed by atoms with Crippen molar-refractivity contribution in [2.45, 2.75) is 0 Å². The van der Waals surface area contributed by atoms with Crippen LogP contribution in [0.2, 0.25) is 10.0 Å². The Morgan fingerprint density at radius 3 is 2.36 bits per heavy atom. The number of anilines is 2. The summed E-state index contributed by atoms with van der Waals surface area (Å²) in [4.78, 5) is 50.3. The van der Waals surface area contributed by atoms with Crippen molar-refractivity contribution >= 4 is 64.4 Å². The average Bonchev–Trinajstić information content (AvgIpc) is 2.84. The molecule has 0 spiro atoms. The Bertz CT molecular complexity index is 1390. The van der Waals surface area contributed by atoms with Crippen molar-refractivity contribution in [1.82, 2.24) is 5.32 Å². The molecule has 2 N–H and O–H groups in total. The van der Waals surface area contributed by atoms with E-state index in [0.717, 1.165) is 17.0 Å². The summed E-state index contributed by atoms with van der Waals surface area (Å²) < 4.78 is 18.7. The molecule has 1 aliphatic rings. The SMILES string of the molecule is O=C(COc1ccc(/C=C2\C(=O)NC(=O)N(c3ccc(F)cc3)C2=O)cc1Cl)Nc1ccc(Cl)cc1. The van der Waals surface area contributed by atoms with Gasteiger partial charge in [-0.05, 0) is 72.3 Å². The quantitative estimate of drug-likeness (QED) is 0.353. The van der Waals surface area contributed by atoms with E-state index in [0.29, 0.717) is 16.3 Å². The summed E-state index contributed by atoms with van der Waals surface area (Å²) in [5, 5.41) is 5.39. The third kappa shape index (κ3) is 5.70. The molecule has 1 heterocycles. The highest BCUT2D eigenvalue weighted by Crippen LogP contribution is 2.28. The molecule has 1 fully saturated rings. The molecule has 0 unspecified atom stereocenters. The van der Waals surface area contributed by atoms with Crippen molar-refractivity contribution in [2.24, 2.45) is 0 Å². The predicted molar refractivity (Wildman–Crippen MR) is 132 cm³/mol. The zero-order chi connectivity index (χ0) is 25.8. The number of nitrogens with one attached hydrogen (secondary N) is 2. The number of barbiturate groups is 1. The maximum Gasteiger partial charge on any atom is 0.335 e. The molecule has 0 radical (unpaired) electrons. The van der Waals surface area contributed by atoms with Gasteiger partial charge in [0.1, 0.15) is 17.1 Å². The van der Waals surface area contributed by atoms with E-state index < -0.39 is 29.6 Å². The van der Waals surface area contributed by atoms with Crippen LogP contribution in [0.3, 0.4) is 0 Å². The Morgan fingerprint density at radius 2 is 1.69 bits per heavy atom. The second-order valence-electron chi connectivity index (χ2n) is 7.47. The minimum atomic E-state index is -0.951. The molecule has 182 valence electrons. The van der Waals surface area contributed by atoms with Crippen molar-refractivity contribution in [1.29, 1.82) is 0 Å². The van der Waals surface area contributed by atoms with E-state index in [1.807, 2.05) is 0 Å². The Hall–Kier alpha value is -4.21. The van der Waals surface area contributed by atoms with Crippen LogP contribution in [0.25, 0.3) is 6.08 Å². The molecule has 0 aliphatic carbocycles. The lowest BCUT2D eigenvalue weighted by Crippen LogP contribution is -2.54. The number of carbonyl (C=O) groups excluding carboxylic acids is 4. The number of imide groups is 2. The van der Waals surface area contributed by atoms with E-state index >= 15 is 0 Å². The van der Waals surface area contributed by atoms with Crippen molar-refractivity contribution in [2.75, 3.05) is 16.8 Å². The monoisotopic (exact) mass is 527 g/mol. The Labute approximate surface area is 214 Å². The number of rotatable bonds is 6. The van der Waals surface area contributed by atoms with Gasteiger partial charge in [-0.25, -0.2) is 14.1 Å². The number of halogens is 3. The van der Waals surface area contributed by atoms with Crippen LogP contribution in [0.5, 0.6) is 5.75 Å². The Kier molecular flexibility index (Phi) is 7.33. The lowest BCUT2D eigenvalue weighted by Gasteiger charge is -2.26. The summed E-state index contributed by atoms with van der Waals surface area (Å²) in [5.41, 5.74) is 0.677. The third-order valence-electron chi connectivity index (χ3n) is 4.94. The van der Waals surface area contributed by atoms with Crippen LogP contribution >= 0.6 is 23.2 Å². The van der Waals surface area contributed by atoms with Gasteiger partial charge in [0.05, 0.1) is 10.7 Å². The molecule has 0 aromatic heterocycles. The van der Waals surface area contributed by atoms with Crippen molar-refractivity contribution in [3.63, 3.8) is 0 Å². The van der Waals surface area contributed by atoms with Crippen LogP contribution in [-0.2, 0) is 14.4 Å². The molecule has 0 atom stereocenters. The zero-order valence-corrected chi connectivity index (χ0v) is 19.8. The molecular formula is C25H16Cl2FN3O5. The van der Waals surface area contributed by atoms with E-state index in [2.05, 4.69) is 10.6 Å². The summed E-state index contributed by atoms with van der Waals surface area (Å²) in [6, 6.07) is 14.7. The number of nitrogens with zero attached hydrogens (tertiary/aromatic N) is 1. The molecule has 5 amide bonds. The highest BCUT2D eigenvalue weighted by Gasteiger charge is 2.36. The lowest BCUT2D eigenvalue weighted by molar-refractivity contribution is -0.122. The number of urea groups is 1. The number of amides is 5. The van der Waals surface area contributed by atoms with Crippen LogP contribution in [-0.4, -0.2) is 30.4 Å². The molecule has 36 heavy (non-hydrogen) atoms. The Morgan fingerprint density at radius 1 is 1.00 bits per heavy atom. The molecular weight excluding hydrogens is 512 g/mol. The average molecular weight is 528 g/mol. The van der Waals surface area contributed by atoms with Gasteiger partial charge < -0.3 is 10.1 Å². The van der Waals surface area contributed by atoms with Crippen LogP contribution < -0.4 is 20.3 Å². The van der Waals surface area contributed by atoms with Gasteiger partial charge in [0, 0.05) is 10.7 Å². The molecule has 3 aromatic rings. The zero-order valence-electron chi connectivity index (χ0n) is 18.3. The van der Waals surface area contributed by atoms with E-state index in [9.17, 15) is 23.6 Å². The number of benzene rings is 3. The maximum atomic E-state index is 13.2. The van der Waals surface area contributed by atoms with Crippen molar-refractivity contribution in [3.8, 4) is 5.75 Å². The maximum absolute atomic E-state index is 13.2. The molecule has 0 saturated carbocycles. The third-order valence-corrected chi connectivity index (χ3v) is 5.49. The minimum absolute atomic E-state index is 0.0935. The van der Waals surface area contributed by atoms with E-state index in [-0.39, 0.29) is 28.6 Å². The smallest absolute Gasteiger partial charge is 0.335 e. The first-order valence-corrected chi connectivity index (χ1v) is 11.1. The van der Waals surface area contributed by atoms with Gasteiger partial charge >= 0.3 is 6.03 Å². The molecule has 1 saturated heterocycles. The molecule has 0 bridgehead atoms. The van der Waals surface area contributed by atoms with E-state index in [1.54, 1.807) is 24.3 Å². The van der Waals surface area contributed by atoms with Crippen LogP contribution in [0.4, 0.5) is 20.6 Å². The first kappa shape index (κ1) is 24.9. The lowest BCUT2D eigenvalue weighted by atomic mass is 10.1. The fourth-order valence-electron chi connectivity index (χ4n) is 3.25. The molecule has 3 aromatic carbocycles. The fourth-order valence-corrected chi connectivity index (χ4v) is 3.62. The summed E-state index contributed by atoms with van der Waals surface area (Å²) in [5.74, 6) is -2.54. The Balaban J connectivity index is 1.47. The summed E-state index contributed by atoms with van der Waals surface area (Å²) in [6.07, 6.45) is 1.25. The highest BCUT2D eigenvalue weighted by atomic mass is 35.5. The van der Waals surface area contributed by atoms with Crippen LogP contribution in [0, 0.1) is 5.82 Å². The fraction of sp³-hybridized carbons (Fsp3) is 0.0400. The van der Waals surface area contributed by atoms with Crippen molar-refractivity contribution in [3.05, 3.63) is 93.7 Å². The summed E-state index contributed by atoms with van der Waals surface area (Å²) in [6.45, 7) is -0.321. The minimum Gasteiger partial charge on any atom is -0.482 e. The van der Waals surface area contributed by atoms with E-state index in [1.165, 1.54) is 36.4 Å². The summed E-state index contributed by atoms with van der Waals surface area (Å²) >= 11 is 12.1. The standard InChI is InChI=1S/C25H16Cl2FN3O5/c26-15-2-6-17(7-3-15)29-22(32)13-36-21-10-1-14(12-20(21)27)11-19-23(33)30-25(35)31(24(19)34)18-8-4-16(28)5-9-18/h1-12H,13H2,(H,29,32)(H,30,33,35)/b19-11+. The van der Waals surface area contributed by atoms with Crippen molar-refractivity contribution < 1.29 is 28.3 Å². The number of carbonyl (C=O) groups is 4. The van der Waals surface area contributed by atoms with Gasteiger partial charge in [-0.2, -0.15) is 0 Å². The van der Waals surface area contributed by atoms with Gasteiger partial charge in [-0.15, -0.1) is 0 Å². The van der Waals surface area contributed by atoms with Gasteiger partial charge in [0.15, 0.2) is 6.61 Å². The van der Waals surface area contributed by atoms with E-state index in [4.69, 9.17) is 27.9 Å². The number of ether oxygens (including phenoxy) is 1. The highest BCUT2D eigenvalue weighted by molar-refractivity contribution is 6.39. The van der Waals surface area contributed by atoms with Gasteiger partial charge in [-0.1, -0.05) is 29.3 Å². The second-order valence-corrected chi connectivity index (χ2v) is 8.31. The number of hydrogen-bond acceptors (Lipinski definition) is 5. The van der Waals surface area contributed by atoms with Crippen LogP contribution in [0.15, 0.2) is 72.3 Å². The van der Waals surface area contributed by atoms with Gasteiger partial charge in [-0.3, -0.25) is 19.7 Å². The molecule has 1 aliphatic heterocycles. The largest absolute Gasteiger partial charge is 0.482 e. The topological polar surface area (TPSA) is 105 Å². The molecule has 4 rings (SSSR count). The van der Waals surface area contributed by atoms with Gasteiger partial charge in [0.25, 0.3) is 17.7 Å². The first-order chi connectivity index (χ1) is 17.2. The molecule has 11 heteroatoms. The second kappa shape index (κ2) is 10.6. The number of hydrogen-bond donors (Lipinski definition) is 2. The predicted octanol–water partition coefficient (Wildman–Crippen LogP) is 4.82. The normalized spacial score (nSPS) is 14.6. The molecule has 8 nitrogen and oxygen atoms in total.